The van der Waals surface area contributed by atoms with Crippen LogP contribution in [-0.4, -0.2) is 38.9 Å². The third-order valence-corrected chi connectivity index (χ3v) is 4.70. The van der Waals surface area contributed by atoms with Crippen LogP contribution >= 0.6 is 0 Å². The van der Waals surface area contributed by atoms with Gasteiger partial charge in [0.1, 0.15) is 10.7 Å². The number of primary sulfonamides is 1. The van der Waals surface area contributed by atoms with E-state index in [1.165, 1.54) is 24.4 Å². The van der Waals surface area contributed by atoms with E-state index in [-0.39, 0.29) is 17.3 Å². The van der Waals surface area contributed by atoms with E-state index in [0.29, 0.717) is 5.56 Å². The molecule has 0 saturated heterocycles. The van der Waals surface area contributed by atoms with Gasteiger partial charge in [0.05, 0.1) is 11.6 Å². The van der Waals surface area contributed by atoms with E-state index in [9.17, 15) is 21.6 Å². The van der Waals surface area contributed by atoms with E-state index in [0.717, 1.165) is 12.1 Å². The van der Waals surface area contributed by atoms with Crippen LogP contribution in [0.25, 0.3) is 0 Å². The number of alkyl halides is 3. The van der Waals surface area contributed by atoms with Crippen molar-refractivity contribution in [1.29, 1.82) is 0 Å². The van der Waals surface area contributed by atoms with Crippen LogP contribution in [0.1, 0.15) is 17.2 Å². The highest BCUT2D eigenvalue weighted by atomic mass is 32.2. The minimum atomic E-state index is -4.44. The third-order valence-electron chi connectivity index (χ3n) is 3.76. The molecule has 0 aliphatic heterocycles. The molecule has 1 unspecified atom stereocenters. The lowest BCUT2D eigenvalue weighted by Gasteiger charge is -2.26. The number of benzene rings is 1. The van der Waals surface area contributed by atoms with Crippen LogP contribution < -0.4 is 10.5 Å². The molecule has 0 spiro atoms. The number of nitrogens with two attached hydrogens (primary N) is 1. The number of aromatic nitrogens is 1. The number of likely N-dealkylation sites (N-methyl/N-ethyl adjacent to an activating group) is 1. The molecule has 0 radical (unpaired) electrons. The molecular weight excluding hydrogens is 369 g/mol. The van der Waals surface area contributed by atoms with Gasteiger partial charge in [-0.25, -0.2) is 18.5 Å². The first-order valence-corrected chi connectivity index (χ1v) is 9.10. The monoisotopic (exact) mass is 388 g/mol. The van der Waals surface area contributed by atoms with E-state index in [1.807, 2.05) is 0 Å². The maximum Gasteiger partial charge on any atom is 0.416 e. The number of nitrogens with zero attached hydrogens (tertiary/aromatic N) is 2. The van der Waals surface area contributed by atoms with E-state index in [4.69, 9.17) is 5.14 Å². The SMILES string of the molecule is CN(C)C(CNc1ncccc1S(N)(=O)=O)c1cccc(C(F)(F)F)c1. The van der Waals surface area contributed by atoms with Crippen LogP contribution in [-0.2, 0) is 16.2 Å². The van der Waals surface area contributed by atoms with E-state index in [2.05, 4.69) is 10.3 Å². The highest BCUT2D eigenvalue weighted by Gasteiger charge is 2.31. The molecule has 1 aromatic carbocycles. The normalized spacial score (nSPS) is 13.7. The fourth-order valence-corrected chi connectivity index (χ4v) is 3.13. The second-order valence-electron chi connectivity index (χ2n) is 5.88. The van der Waals surface area contributed by atoms with Crippen molar-refractivity contribution in [2.75, 3.05) is 26.0 Å². The molecule has 0 aliphatic carbocycles. The lowest BCUT2D eigenvalue weighted by molar-refractivity contribution is -0.137. The smallest absolute Gasteiger partial charge is 0.367 e. The molecule has 1 heterocycles. The Labute approximate surface area is 149 Å². The Morgan fingerprint density at radius 2 is 1.92 bits per heavy atom. The number of hydrogen-bond donors (Lipinski definition) is 2. The molecule has 2 aromatic rings. The van der Waals surface area contributed by atoms with Crippen LogP contribution in [0.15, 0.2) is 47.5 Å². The summed E-state index contributed by atoms with van der Waals surface area (Å²) in [4.78, 5) is 5.50. The van der Waals surface area contributed by atoms with Crippen molar-refractivity contribution in [2.45, 2.75) is 17.1 Å². The third kappa shape index (κ3) is 4.93. The summed E-state index contributed by atoms with van der Waals surface area (Å²) in [6, 6.07) is 7.28. The minimum absolute atomic E-state index is 0.0498. The lowest BCUT2D eigenvalue weighted by Crippen LogP contribution is -2.28. The summed E-state index contributed by atoms with van der Waals surface area (Å²) in [6.45, 7) is 0.133. The van der Waals surface area contributed by atoms with Crippen LogP contribution in [0.2, 0.25) is 0 Å². The van der Waals surface area contributed by atoms with Crippen molar-refractivity contribution >= 4 is 15.8 Å². The second kappa shape index (κ2) is 7.60. The zero-order valence-corrected chi connectivity index (χ0v) is 15.0. The van der Waals surface area contributed by atoms with Crippen molar-refractivity contribution in [2.24, 2.45) is 5.14 Å². The summed E-state index contributed by atoms with van der Waals surface area (Å²) in [5, 5.41) is 8.02. The highest BCUT2D eigenvalue weighted by Crippen LogP contribution is 2.31. The molecule has 3 N–H and O–H groups in total. The van der Waals surface area contributed by atoms with Gasteiger partial charge < -0.3 is 10.2 Å². The molecule has 1 aromatic heterocycles. The van der Waals surface area contributed by atoms with Gasteiger partial charge >= 0.3 is 6.18 Å². The molecule has 10 heteroatoms. The number of nitrogens with one attached hydrogen (secondary N) is 1. The van der Waals surface area contributed by atoms with E-state index < -0.39 is 27.8 Å². The molecule has 0 aliphatic rings. The number of anilines is 1. The molecule has 0 amide bonds. The number of pyridine rings is 1. The van der Waals surface area contributed by atoms with Crippen LogP contribution in [0, 0.1) is 0 Å². The quantitative estimate of drug-likeness (QED) is 0.794. The number of halogens is 3. The van der Waals surface area contributed by atoms with Gasteiger partial charge in [-0.1, -0.05) is 12.1 Å². The van der Waals surface area contributed by atoms with Gasteiger partial charge in [0.2, 0.25) is 10.0 Å². The number of hydrogen-bond acceptors (Lipinski definition) is 5. The molecule has 6 nitrogen and oxygen atoms in total. The fourth-order valence-electron chi connectivity index (χ4n) is 2.47. The first kappa shape index (κ1) is 20.1. The van der Waals surface area contributed by atoms with Gasteiger partial charge in [-0.15, -0.1) is 0 Å². The maximum absolute atomic E-state index is 12.9. The molecule has 26 heavy (non-hydrogen) atoms. The average Bonchev–Trinajstić information content (AvgIpc) is 2.54. The molecule has 142 valence electrons. The molecule has 0 fully saturated rings. The zero-order chi connectivity index (χ0) is 19.5. The summed E-state index contributed by atoms with van der Waals surface area (Å²) in [6.07, 6.45) is -3.05. The second-order valence-corrected chi connectivity index (χ2v) is 7.41. The fraction of sp³-hybridized carbons (Fsp3) is 0.312. The van der Waals surface area contributed by atoms with Crippen LogP contribution in [0.4, 0.5) is 19.0 Å². The highest BCUT2D eigenvalue weighted by molar-refractivity contribution is 7.89. The van der Waals surface area contributed by atoms with Gasteiger partial charge in [-0.3, -0.25) is 0 Å². The van der Waals surface area contributed by atoms with E-state index >= 15 is 0 Å². The first-order valence-electron chi connectivity index (χ1n) is 7.55. The van der Waals surface area contributed by atoms with Crippen molar-refractivity contribution in [3.05, 3.63) is 53.7 Å². The largest absolute Gasteiger partial charge is 0.416 e. The Kier molecular flexibility index (Phi) is 5.89. The summed E-state index contributed by atoms with van der Waals surface area (Å²) < 4.78 is 62.1. The molecule has 0 bridgehead atoms. The summed E-state index contributed by atoms with van der Waals surface area (Å²) >= 11 is 0. The van der Waals surface area contributed by atoms with Gasteiger partial charge in [0.25, 0.3) is 0 Å². The van der Waals surface area contributed by atoms with Crippen molar-refractivity contribution in [3.63, 3.8) is 0 Å². The molecule has 2 rings (SSSR count). The van der Waals surface area contributed by atoms with E-state index in [1.54, 1.807) is 25.1 Å². The van der Waals surface area contributed by atoms with Gasteiger partial charge in [0.15, 0.2) is 0 Å². The molecule has 0 saturated carbocycles. The standard InChI is InChI=1S/C16H19F3N4O2S/c1-23(2)13(11-5-3-6-12(9-11)16(17,18)19)10-22-15-14(26(20,24)25)7-4-8-21-15/h3-9,13H,10H2,1-2H3,(H,21,22)(H2,20,24,25). The Bertz CT molecular complexity index is 870. The Morgan fingerprint density at radius 1 is 1.23 bits per heavy atom. The Balaban J connectivity index is 2.29. The molecular formula is C16H19F3N4O2S. The summed E-state index contributed by atoms with van der Waals surface area (Å²) in [5.41, 5.74) is -0.310. The first-order chi connectivity index (χ1) is 12.0. The molecule has 1 atom stereocenters. The van der Waals surface area contributed by atoms with Crippen LogP contribution in [0.5, 0.6) is 0 Å². The lowest BCUT2D eigenvalue weighted by atomic mass is 10.0. The van der Waals surface area contributed by atoms with Crippen molar-refractivity contribution in [3.8, 4) is 0 Å². The Hall–Kier alpha value is -2.17. The summed E-state index contributed by atoms with van der Waals surface area (Å²) in [7, 11) is -0.552. The zero-order valence-electron chi connectivity index (χ0n) is 14.2. The van der Waals surface area contributed by atoms with Gasteiger partial charge in [-0.2, -0.15) is 13.2 Å². The average molecular weight is 388 g/mol. The van der Waals surface area contributed by atoms with Crippen LogP contribution in [0.3, 0.4) is 0 Å². The number of rotatable bonds is 6. The Morgan fingerprint density at radius 3 is 2.50 bits per heavy atom. The topological polar surface area (TPSA) is 88.3 Å². The number of sulfonamides is 1. The minimum Gasteiger partial charge on any atom is -0.367 e. The van der Waals surface area contributed by atoms with Gasteiger partial charge in [-0.05, 0) is 43.9 Å². The maximum atomic E-state index is 12.9. The van der Waals surface area contributed by atoms with Gasteiger partial charge in [0, 0.05) is 12.7 Å². The predicted octanol–water partition coefficient (Wildman–Crippen LogP) is 2.46. The van der Waals surface area contributed by atoms with Crippen molar-refractivity contribution in [1.82, 2.24) is 9.88 Å². The van der Waals surface area contributed by atoms with Crippen molar-refractivity contribution < 1.29 is 21.6 Å². The summed E-state index contributed by atoms with van der Waals surface area (Å²) in [5.74, 6) is 0.0498. The predicted molar refractivity (Wildman–Crippen MR) is 92.0 cm³/mol.